The summed E-state index contributed by atoms with van der Waals surface area (Å²) in [6, 6.07) is 5.22. The van der Waals surface area contributed by atoms with Crippen LogP contribution in [0.25, 0.3) is 0 Å². The van der Waals surface area contributed by atoms with E-state index in [1.807, 2.05) is 0 Å². The molecule has 0 bridgehead atoms. The van der Waals surface area contributed by atoms with E-state index in [9.17, 15) is 13.2 Å². The molecule has 1 unspecified atom stereocenters. The first-order valence-electron chi connectivity index (χ1n) is 4.80. The number of aliphatic hydroxyl groups is 1. The maximum Gasteiger partial charge on any atom is 0.418 e. The largest absolute Gasteiger partial charge is 0.418 e. The lowest BCUT2D eigenvalue weighted by molar-refractivity contribution is -0.206. The van der Waals surface area contributed by atoms with E-state index in [0.717, 1.165) is 0 Å². The van der Waals surface area contributed by atoms with Gasteiger partial charge in [0.1, 0.15) is 0 Å². The maximum atomic E-state index is 12.2. The second-order valence-corrected chi connectivity index (χ2v) is 3.41. The molecule has 0 aliphatic carbocycles. The van der Waals surface area contributed by atoms with Gasteiger partial charge in [0.15, 0.2) is 12.4 Å². The predicted octanol–water partition coefficient (Wildman–Crippen LogP) is 2.57. The zero-order valence-electron chi connectivity index (χ0n) is 9.36. The Morgan fingerprint density at radius 2 is 1.41 bits per heavy atom. The van der Waals surface area contributed by atoms with E-state index in [1.165, 1.54) is 38.5 Å². The summed E-state index contributed by atoms with van der Waals surface area (Å²) in [5, 5.41) is 9.01. The second-order valence-electron chi connectivity index (χ2n) is 3.41. The Balaban J connectivity index is 2.88. The van der Waals surface area contributed by atoms with Gasteiger partial charge in [0, 0.05) is 19.8 Å². The number of ether oxygens (including phenoxy) is 2. The highest BCUT2D eigenvalue weighted by Crippen LogP contribution is 2.32. The van der Waals surface area contributed by atoms with Crippen molar-refractivity contribution in [2.24, 2.45) is 0 Å². The molecule has 6 heteroatoms. The van der Waals surface area contributed by atoms with Crippen molar-refractivity contribution in [3.63, 3.8) is 0 Å². The molecule has 1 aromatic rings. The maximum absolute atomic E-state index is 12.2. The molecule has 0 amide bonds. The van der Waals surface area contributed by atoms with Crippen molar-refractivity contribution < 1.29 is 27.8 Å². The molecular weight excluding hydrogens is 237 g/mol. The van der Waals surface area contributed by atoms with Gasteiger partial charge in [-0.25, -0.2) is 0 Å². The van der Waals surface area contributed by atoms with Crippen molar-refractivity contribution in [2.45, 2.75) is 18.6 Å². The highest BCUT2D eigenvalue weighted by atomic mass is 19.4. The Morgan fingerprint density at radius 1 is 1.00 bits per heavy atom. The smallest absolute Gasteiger partial charge is 0.379 e. The molecule has 0 saturated heterocycles. The van der Waals surface area contributed by atoms with E-state index < -0.39 is 18.6 Å². The minimum atomic E-state index is -4.66. The van der Waals surface area contributed by atoms with Crippen LogP contribution in [0.5, 0.6) is 0 Å². The van der Waals surface area contributed by atoms with Crippen molar-refractivity contribution in [3.8, 4) is 0 Å². The summed E-state index contributed by atoms with van der Waals surface area (Å²) in [5.41, 5.74) is 0.361. The summed E-state index contributed by atoms with van der Waals surface area (Å²) in [6.45, 7) is 0. The van der Waals surface area contributed by atoms with Gasteiger partial charge in [-0.15, -0.1) is 0 Å². The van der Waals surface area contributed by atoms with Gasteiger partial charge in [-0.1, -0.05) is 24.3 Å². The molecule has 1 atom stereocenters. The van der Waals surface area contributed by atoms with Crippen LogP contribution >= 0.6 is 0 Å². The van der Waals surface area contributed by atoms with Gasteiger partial charge < -0.3 is 14.6 Å². The zero-order valence-corrected chi connectivity index (χ0v) is 9.36. The third kappa shape index (κ3) is 3.42. The van der Waals surface area contributed by atoms with Crippen LogP contribution in [0, 0.1) is 0 Å². The van der Waals surface area contributed by atoms with Crippen molar-refractivity contribution in [2.75, 3.05) is 14.2 Å². The average molecular weight is 250 g/mol. The fourth-order valence-corrected chi connectivity index (χ4v) is 1.39. The van der Waals surface area contributed by atoms with Crippen LogP contribution in [0.15, 0.2) is 24.3 Å². The normalized spacial score (nSPS) is 14.1. The van der Waals surface area contributed by atoms with Gasteiger partial charge in [0.2, 0.25) is 0 Å². The van der Waals surface area contributed by atoms with Gasteiger partial charge in [-0.2, -0.15) is 13.2 Å². The summed E-state index contributed by atoms with van der Waals surface area (Å²) >= 11 is 0. The number of alkyl halides is 3. The summed E-state index contributed by atoms with van der Waals surface area (Å²) in [5.74, 6) is 0. The Labute approximate surface area is 96.8 Å². The average Bonchev–Trinajstić information content (AvgIpc) is 2.29. The number of aliphatic hydroxyl groups excluding tert-OH is 1. The molecule has 1 aromatic carbocycles. The fourth-order valence-electron chi connectivity index (χ4n) is 1.39. The Kier molecular flexibility index (Phi) is 4.50. The van der Waals surface area contributed by atoms with Crippen LogP contribution < -0.4 is 0 Å². The molecule has 1 N–H and O–H groups in total. The van der Waals surface area contributed by atoms with Crippen molar-refractivity contribution >= 4 is 0 Å². The number of benzene rings is 1. The highest BCUT2D eigenvalue weighted by Gasteiger charge is 2.39. The minimum Gasteiger partial charge on any atom is -0.379 e. The second kappa shape index (κ2) is 5.48. The number of rotatable bonds is 4. The first-order chi connectivity index (χ1) is 7.90. The molecule has 0 fully saturated rings. The molecule has 17 heavy (non-hydrogen) atoms. The van der Waals surface area contributed by atoms with E-state index >= 15 is 0 Å². The van der Waals surface area contributed by atoms with Crippen molar-refractivity contribution in [1.29, 1.82) is 0 Å². The Hall–Kier alpha value is -1.11. The standard InChI is InChI=1S/C11H13F3O3/c1-16-10(17-2)8-5-3-7(4-6-8)9(15)11(12,13)14/h3-6,9-10,15H,1-2H3. The summed E-state index contributed by atoms with van der Waals surface area (Å²) < 4.78 is 46.6. The van der Waals surface area contributed by atoms with E-state index in [2.05, 4.69) is 0 Å². The van der Waals surface area contributed by atoms with Crippen LogP contribution in [-0.4, -0.2) is 25.5 Å². The number of hydrogen-bond donors (Lipinski definition) is 1. The zero-order chi connectivity index (χ0) is 13.1. The molecule has 0 saturated carbocycles. The molecule has 0 aromatic heterocycles. The van der Waals surface area contributed by atoms with Gasteiger partial charge in [0.05, 0.1) is 0 Å². The van der Waals surface area contributed by atoms with Crippen LogP contribution in [0.4, 0.5) is 13.2 Å². The third-order valence-corrected chi connectivity index (χ3v) is 2.26. The Bertz CT molecular complexity index is 344. The van der Waals surface area contributed by atoms with Crippen LogP contribution in [0.1, 0.15) is 23.5 Å². The summed E-state index contributed by atoms with van der Waals surface area (Å²) in [7, 11) is 2.85. The topological polar surface area (TPSA) is 38.7 Å². The molecule has 0 aliphatic rings. The third-order valence-electron chi connectivity index (χ3n) is 2.26. The number of methoxy groups -OCH3 is 2. The van der Waals surface area contributed by atoms with E-state index in [0.29, 0.717) is 5.56 Å². The number of halogens is 3. The summed E-state index contributed by atoms with van der Waals surface area (Å²) in [4.78, 5) is 0. The van der Waals surface area contributed by atoms with E-state index in [4.69, 9.17) is 14.6 Å². The first kappa shape index (κ1) is 14.0. The predicted molar refractivity (Wildman–Crippen MR) is 54.2 cm³/mol. The van der Waals surface area contributed by atoms with E-state index in [1.54, 1.807) is 0 Å². The lowest BCUT2D eigenvalue weighted by Crippen LogP contribution is -2.20. The lowest BCUT2D eigenvalue weighted by Gasteiger charge is -2.17. The van der Waals surface area contributed by atoms with E-state index in [-0.39, 0.29) is 5.56 Å². The first-order valence-corrected chi connectivity index (χ1v) is 4.80. The molecule has 0 spiro atoms. The monoisotopic (exact) mass is 250 g/mol. The molecular formula is C11H13F3O3. The van der Waals surface area contributed by atoms with Gasteiger partial charge in [-0.3, -0.25) is 0 Å². The van der Waals surface area contributed by atoms with Crippen LogP contribution in [0.3, 0.4) is 0 Å². The molecule has 0 aliphatic heterocycles. The molecule has 1 rings (SSSR count). The van der Waals surface area contributed by atoms with Crippen molar-refractivity contribution in [3.05, 3.63) is 35.4 Å². The molecule has 3 nitrogen and oxygen atoms in total. The highest BCUT2D eigenvalue weighted by molar-refractivity contribution is 5.25. The fraction of sp³-hybridized carbons (Fsp3) is 0.455. The van der Waals surface area contributed by atoms with Gasteiger partial charge in [-0.05, 0) is 5.56 Å². The Morgan fingerprint density at radius 3 is 1.76 bits per heavy atom. The SMILES string of the molecule is COC(OC)c1ccc(C(O)C(F)(F)F)cc1. The molecule has 96 valence electrons. The minimum absolute atomic E-state index is 0.216. The van der Waals surface area contributed by atoms with Gasteiger partial charge >= 0.3 is 6.18 Å². The lowest BCUT2D eigenvalue weighted by atomic mass is 10.1. The molecule has 0 radical (unpaired) electrons. The van der Waals surface area contributed by atoms with Crippen molar-refractivity contribution in [1.82, 2.24) is 0 Å². The number of hydrogen-bond acceptors (Lipinski definition) is 3. The van der Waals surface area contributed by atoms with Crippen LogP contribution in [0.2, 0.25) is 0 Å². The van der Waals surface area contributed by atoms with Crippen LogP contribution in [-0.2, 0) is 9.47 Å². The summed E-state index contributed by atoms with van der Waals surface area (Å²) in [6.07, 6.45) is -7.77. The van der Waals surface area contributed by atoms with Gasteiger partial charge in [0.25, 0.3) is 0 Å². The quantitative estimate of drug-likeness (QED) is 0.835. The molecule has 0 heterocycles.